The third kappa shape index (κ3) is 4.20. The van der Waals surface area contributed by atoms with E-state index < -0.39 is 0 Å². The Labute approximate surface area is 254 Å². The van der Waals surface area contributed by atoms with Gasteiger partial charge < -0.3 is 19.7 Å². The molecular weight excluding hydrogens is 556 g/mol. The van der Waals surface area contributed by atoms with Crippen LogP contribution in [0.3, 0.4) is 0 Å². The molecule has 1 amide bonds. The smallest absolute Gasteiger partial charge is 0.252 e. The molecule has 5 aromatic rings. The molecule has 2 aromatic carbocycles. The van der Waals surface area contributed by atoms with E-state index in [0.717, 1.165) is 113 Å². The number of benzene rings is 2. The molecule has 0 bridgehead atoms. The number of hydrogen-bond donors (Lipinski definition) is 1. The molecule has 0 radical (unpaired) electrons. The van der Waals surface area contributed by atoms with Crippen molar-refractivity contribution in [1.82, 2.24) is 29.5 Å². The molecule has 5 heterocycles. The number of nitrogens with one attached hydrogen (secondary N) is 1. The van der Waals surface area contributed by atoms with Crippen LogP contribution in [-0.2, 0) is 33.0 Å². The Balaban J connectivity index is 1.33. The quantitative estimate of drug-likeness (QED) is 0.288. The third-order valence-corrected chi connectivity index (χ3v) is 10.7. The summed E-state index contributed by atoms with van der Waals surface area (Å²) in [6.07, 6.45) is 4.80. The van der Waals surface area contributed by atoms with Crippen LogP contribution < -0.4 is 5.32 Å². The predicted molar refractivity (Wildman–Crippen MR) is 171 cm³/mol. The molecule has 3 aromatic heterocycles. The second kappa shape index (κ2) is 10.1. The van der Waals surface area contributed by atoms with Crippen LogP contribution in [0.25, 0.3) is 32.9 Å². The van der Waals surface area contributed by atoms with Crippen molar-refractivity contribution in [2.24, 2.45) is 7.05 Å². The van der Waals surface area contributed by atoms with Crippen molar-refractivity contribution in [2.45, 2.75) is 39.3 Å². The van der Waals surface area contributed by atoms with Crippen molar-refractivity contribution in [3.63, 3.8) is 0 Å². The Morgan fingerprint density at radius 2 is 1.86 bits per heavy atom. The maximum absolute atomic E-state index is 13.7. The fourth-order valence-corrected chi connectivity index (χ4v) is 8.44. The number of thiophene rings is 1. The van der Waals surface area contributed by atoms with E-state index in [0.29, 0.717) is 12.1 Å². The summed E-state index contributed by atoms with van der Waals surface area (Å²) in [6.45, 7) is 8.89. The Morgan fingerprint density at radius 3 is 2.65 bits per heavy atom. The van der Waals surface area contributed by atoms with Gasteiger partial charge in [-0.3, -0.25) is 14.3 Å². The van der Waals surface area contributed by atoms with E-state index in [1.54, 1.807) is 0 Å². The minimum atomic E-state index is -0.0118. The summed E-state index contributed by atoms with van der Waals surface area (Å²) in [6, 6.07) is 8.23. The number of piperazine rings is 1. The summed E-state index contributed by atoms with van der Waals surface area (Å²) in [5.74, 6) is 0.0523. The first-order chi connectivity index (χ1) is 20.9. The van der Waals surface area contributed by atoms with Crippen molar-refractivity contribution < 1.29 is 9.59 Å². The highest BCUT2D eigenvalue weighted by atomic mass is 32.1. The molecule has 8 rings (SSSR count). The summed E-state index contributed by atoms with van der Waals surface area (Å²) >= 11 is 1.50. The van der Waals surface area contributed by atoms with Crippen LogP contribution in [0, 0.1) is 6.92 Å². The molecule has 0 unspecified atom stereocenters. The Morgan fingerprint density at radius 1 is 1.02 bits per heavy atom. The number of likely N-dealkylation sites (N-methyl/N-ethyl adjacent to an activating group) is 1. The van der Waals surface area contributed by atoms with E-state index in [2.05, 4.69) is 45.1 Å². The molecular formula is C34H36N6O2S. The maximum Gasteiger partial charge on any atom is 0.252 e. The number of carbonyl (C=O) groups excluding carboxylic acids is 2. The largest absolute Gasteiger partial charge is 0.348 e. The molecule has 1 aliphatic carbocycles. The second-order valence-corrected chi connectivity index (χ2v) is 13.3. The highest BCUT2D eigenvalue weighted by Gasteiger charge is 2.35. The van der Waals surface area contributed by atoms with Crippen molar-refractivity contribution in [3.05, 3.63) is 74.2 Å². The minimum Gasteiger partial charge on any atom is -0.348 e. The Kier molecular flexibility index (Phi) is 6.33. The van der Waals surface area contributed by atoms with Gasteiger partial charge in [-0.25, -0.2) is 0 Å². The first-order valence-corrected chi connectivity index (χ1v) is 16.2. The molecule has 2 aliphatic heterocycles. The van der Waals surface area contributed by atoms with Crippen LogP contribution in [0.4, 0.5) is 0 Å². The van der Waals surface area contributed by atoms with Gasteiger partial charge >= 0.3 is 0 Å². The van der Waals surface area contributed by atoms with Crippen molar-refractivity contribution in [3.8, 4) is 11.1 Å². The number of nitrogens with zero attached hydrogens (tertiary/aromatic N) is 5. The van der Waals surface area contributed by atoms with Gasteiger partial charge in [0.05, 0.1) is 21.7 Å². The monoisotopic (exact) mass is 592 g/mol. The molecule has 8 nitrogen and oxygen atoms in total. The molecule has 220 valence electrons. The normalized spacial score (nSPS) is 17.0. The molecule has 1 N–H and O–H groups in total. The number of amides is 1. The number of hydrogen-bond acceptors (Lipinski definition) is 6. The number of ketones is 1. The number of aryl methyl sites for hydroxylation is 5. The summed E-state index contributed by atoms with van der Waals surface area (Å²) < 4.78 is 4.37. The van der Waals surface area contributed by atoms with Crippen LogP contribution in [-0.4, -0.2) is 75.6 Å². The second-order valence-electron chi connectivity index (χ2n) is 12.4. The third-order valence-electron chi connectivity index (χ3n) is 9.73. The zero-order chi connectivity index (χ0) is 29.4. The average Bonchev–Trinajstić information content (AvgIpc) is 3.77. The zero-order valence-electron chi connectivity index (χ0n) is 25.0. The van der Waals surface area contributed by atoms with E-state index in [9.17, 15) is 9.59 Å². The van der Waals surface area contributed by atoms with Gasteiger partial charge in [-0.05, 0) is 86.1 Å². The van der Waals surface area contributed by atoms with E-state index in [1.165, 1.54) is 22.4 Å². The van der Waals surface area contributed by atoms with E-state index in [4.69, 9.17) is 5.10 Å². The number of fused-ring (bicyclic) bond motifs is 10. The standard InChI is InChI=1S/C34H36N6O2S/c1-20-9-16-43-33(20)32(41)21-5-8-27-23(17-21)29-24-18-35-34(42)30(24)28-22(6-7-26-25(28)19-38(3)36-26)31(29)40(27)11-4-10-39-14-12-37(2)13-15-39/h5,8-9,16-17,19H,4,6-7,10-15,18H2,1-3H3,(H,35,42). The van der Waals surface area contributed by atoms with Gasteiger partial charge in [0, 0.05) is 85.5 Å². The van der Waals surface area contributed by atoms with Crippen LogP contribution >= 0.6 is 11.3 Å². The summed E-state index contributed by atoms with van der Waals surface area (Å²) in [7, 11) is 4.16. The highest BCUT2D eigenvalue weighted by Crippen LogP contribution is 2.47. The SMILES string of the molecule is Cc1ccsc1C(=O)c1ccc2c(c1)c1c3c(c4c(c1n2CCCN1CCN(C)CC1)CCc1nn(C)cc1-4)C(=O)NC3. The van der Waals surface area contributed by atoms with Crippen LogP contribution in [0.1, 0.15) is 54.4 Å². The van der Waals surface area contributed by atoms with Gasteiger partial charge in [0.15, 0.2) is 0 Å². The molecule has 1 fully saturated rings. The van der Waals surface area contributed by atoms with Crippen molar-refractivity contribution >= 4 is 44.8 Å². The van der Waals surface area contributed by atoms with Gasteiger partial charge in [0.1, 0.15) is 0 Å². The minimum absolute atomic E-state index is 0.0118. The molecule has 1 saturated heterocycles. The lowest BCUT2D eigenvalue weighted by Crippen LogP contribution is -2.44. The molecule has 0 atom stereocenters. The molecule has 9 heteroatoms. The van der Waals surface area contributed by atoms with E-state index >= 15 is 0 Å². The van der Waals surface area contributed by atoms with E-state index in [-0.39, 0.29) is 11.7 Å². The van der Waals surface area contributed by atoms with Crippen LogP contribution in [0.5, 0.6) is 0 Å². The zero-order valence-corrected chi connectivity index (χ0v) is 25.8. The first-order valence-electron chi connectivity index (χ1n) is 15.3. The molecule has 0 spiro atoms. The van der Waals surface area contributed by atoms with Gasteiger partial charge in [-0.1, -0.05) is 0 Å². The lowest BCUT2D eigenvalue weighted by Gasteiger charge is -2.32. The lowest BCUT2D eigenvalue weighted by molar-refractivity contribution is 0.0965. The van der Waals surface area contributed by atoms with E-state index in [1.807, 2.05) is 36.2 Å². The van der Waals surface area contributed by atoms with Crippen molar-refractivity contribution in [2.75, 3.05) is 39.8 Å². The fraction of sp³-hybridized carbons (Fsp3) is 0.382. The molecule has 3 aliphatic rings. The first kappa shape index (κ1) is 26.8. The number of carbonyl (C=O) groups is 2. The van der Waals surface area contributed by atoms with Gasteiger partial charge in [-0.15, -0.1) is 11.3 Å². The Hall–Kier alpha value is -3.79. The molecule has 0 saturated carbocycles. The lowest BCUT2D eigenvalue weighted by atomic mass is 9.82. The maximum atomic E-state index is 13.7. The van der Waals surface area contributed by atoms with Crippen molar-refractivity contribution in [1.29, 1.82) is 0 Å². The summed E-state index contributed by atoms with van der Waals surface area (Å²) in [5.41, 5.74) is 10.4. The molecule has 43 heavy (non-hydrogen) atoms. The Bertz CT molecular complexity index is 1950. The number of rotatable bonds is 6. The highest BCUT2D eigenvalue weighted by molar-refractivity contribution is 7.12. The van der Waals surface area contributed by atoms with Gasteiger partial charge in [0.25, 0.3) is 5.91 Å². The van der Waals surface area contributed by atoms with Crippen LogP contribution in [0.2, 0.25) is 0 Å². The number of aromatic nitrogens is 3. The van der Waals surface area contributed by atoms with Crippen LogP contribution in [0.15, 0.2) is 35.8 Å². The predicted octanol–water partition coefficient (Wildman–Crippen LogP) is 4.78. The summed E-state index contributed by atoms with van der Waals surface area (Å²) in [5, 5.41) is 12.1. The topological polar surface area (TPSA) is 75.4 Å². The van der Waals surface area contributed by atoms with Gasteiger partial charge in [0.2, 0.25) is 5.78 Å². The average molecular weight is 593 g/mol. The van der Waals surface area contributed by atoms with Gasteiger partial charge in [-0.2, -0.15) is 5.10 Å². The summed E-state index contributed by atoms with van der Waals surface area (Å²) in [4.78, 5) is 32.9. The fourth-order valence-electron chi connectivity index (χ4n) is 7.55.